The van der Waals surface area contributed by atoms with Gasteiger partial charge in [0.1, 0.15) is 11.3 Å². The lowest BCUT2D eigenvalue weighted by Crippen LogP contribution is -2.31. The maximum atomic E-state index is 11.8. The van der Waals surface area contributed by atoms with Crippen molar-refractivity contribution in [3.8, 4) is 5.75 Å². The fraction of sp³-hybridized carbons (Fsp3) is 0.250. The maximum Gasteiger partial charge on any atom is 0.260 e. The number of H-pyrrole nitrogens is 1. The fourth-order valence-corrected chi connectivity index (χ4v) is 1.83. The van der Waals surface area contributed by atoms with Gasteiger partial charge in [-0.1, -0.05) is 18.2 Å². The van der Waals surface area contributed by atoms with Gasteiger partial charge in [-0.3, -0.25) is 9.59 Å². The van der Waals surface area contributed by atoms with E-state index in [1.165, 1.54) is 6.07 Å². The fourth-order valence-electron chi connectivity index (χ4n) is 1.83. The SMILES string of the molecule is Cc1ccc(C(=O)NCCCOc2ccccc2)c(=O)[nH]1. The van der Waals surface area contributed by atoms with E-state index in [-0.39, 0.29) is 17.0 Å². The van der Waals surface area contributed by atoms with E-state index in [0.717, 1.165) is 11.4 Å². The van der Waals surface area contributed by atoms with Gasteiger partial charge >= 0.3 is 0 Å². The Morgan fingerprint density at radius 1 is 1.19 bits per heavy atom. The van der Waals surface area contributed by atoms with Crippen molar-refractivity contribution in [2.75, 3.05) is 13.2 Å². The van der Waals surface area contributed by atoms with Crippen LogP contribution in [0.15, 0.2) is 47.3 Å². The summed E-state index contributed by atoms with van der Waals surface area (Å²) < 4.78 is 5.51. The molecule has 5 heteroatoms. The molecule has 0 aliphatic heterocycles. The molecule has 21 heavy (non-hydrogen) atoms. The molecule has 0 saturated carbocycles. The quantitative estimate of drug-likeness (QED) is 0.796. The Kier molecular flexibility index (Phi) is 5.15. The van der Waals surface area contributed by atoms with Gasteiger partial charge in [0.2, 0.25) is 0 Å². The zero-order valence-electron chi connectivity index (χ0n) is 11.9. The number of rotatable bonds is 6. The molecule has 1 aromatic carbocycles. The molecule has 1 aromatic heterocycles. The number of aromatic nitrogens is 1. The predicted molar refractivity (Wildman–Crippen MR) is 80.7 cm³/mol. The molecule has 5 nitrogen and oxygen atoms in total. The largest absolute Gasteiger partial charge is 0.494 e. The van der Waals surface area contributed by atoms with Crippen LogP contribution in [0.1, 0.15) is 22.5 Å². The minimum atomic E-state index is -0.368. The second-order valence-electron chi connectivity index (χ2n) is 4.66. The first-order chi connectivity index (χ1) is 10.2. The van der Waals surface area contributed by atoms with Crippen molar-refractivity contribution in [2.45, 2.75) is 13.3 Å². The highest BCUT2D eigenvalue weighted by atomic mass is 16.5. The molecule has 0 aliphatic carbocycles. The number of pyridine rings is 1. The van der Waals surface area contributed by atoms with Crippen LogP contribution in [-0.4, -0.2) is 24.0 Å². The zero-order chi connectivity index (χ0) is 15.1. The molecule has 2 N–H and O–H groups in total. The molecule has 1 heterocycles. The number of aromatic amines is 1. The van der Waals surface area contributed by atoms with Crippen molar-refractivity contribution < 1.29 is 9.53 Å². The van der Waals surface area contributed by atoms with Crippen molar-refractivity contribution in [1.82, 2.24) is 10.3 Å². The Bertz CT molecular complexity index is 650. The van der Waals surface area contributed by atoms with Crippen LogP contribution in [0.5, 0.6) is 5.75 Å². The van der Waals surface area contributed by atoms with Gasteiger partial charge in [-0.05, 0) is 37.6 Å². The van der Waals surface area contributed by atoms with Gasteiger partial charge in [0.25, 0.3) is 11.5 Å². The zero-order valence-corrected chi connectivity index (χ0v) is 11.9. The van der Waals surface area contributed by atoms with Gasteiger partial charge in [-0.15, -0.1) is 0 Å². The summed E-state index contributed by atoms with van der Waals surface area (Å²) in [5, 5.41) is 2.71. The molecule has 0 atom stereocenters. The Labute approximate surface area is 123 Å². The van der Waals surface area contributed by atoms with Gasteiger partial charge in [-0.25, -0.2) is 0 Å². The number of ether oxygens (including phenoxy) is 1. The van der Waals surface area contributed by atoms with Crippen LogP contribution in [0.2, 0.25) is 0 Å². The van der Waals surface area contributed by atoms with E-state index in [0.29, 0.717) is 19.6 Å². The summed E-state index contributed by atoms with van der Waals surface area (Å²) in [6, 6.07) is 12.7. The molecule has 0 aliphatic rings. The minimum absolute atomic E-state index is 0.129. The molecule has 0 saturated heterocycles. The van der Waals surface area contributed by atoms with Crippen molar-refractivity contribution in [3.63, 3.8) is 0 Å². The summed E-state index contributed by atoms with van der Waals surface area (Å²) in [6.07, 6.45) is 0.671. The van der Waals surface area contributed by atoms with Crippen LogP contribution < -0.4 is 15.6 Å². The summed E-state index contributed by atoms with van der Waals surface area (Å²) in [7, 11) is 0. The molecule has 0 spiro atoms. The molecule has 110 valence electrons. The van der Waals surface area contributed by atoms with E-state index < -0.39 is 0 Å². The number of nitrogens with one attached hydrogen (secondary N) is 2. The highest BCUT2D eigenvalue weighted by molar-refractivity contribution is 5.93. The number of carbonyl (C=O) groups is 1. The van der Waals surface area contributed by atoms with Crippen LogP contribution in [0, 0.1) is 6.92 Å². The molecular formula is C16H18N2O3. The van der Waals surface area contributed by atoms with E-state index in [2.05, 4.69) is 10.3 Å². The van der Waals surface area contributed by atoms with E-state index >= 15 is 0 Å². The average molecular weight is 286 g/mol. The highest BCUT2D eigenvalue weighted by Crippen LogP contribution is 2.08. The number of hydrogen-bond acceptors (Lipinski definition) is 3. The molecule has 1 amide bonds. The topological polar surface area (TPSA) is 71.2 Å². The first-order valence-corrected chi connectivity index (χ1v) is 6.83. The smallest absolute Gasteiger partial charge is 0.260 e. The van der Waals surface area contributed by atoms with E-state index in [9.17, 15) is 9.59 Å². The maximum absolute atomic E-state index is 11.8. The Morgan fingerprint density at radius 2 is 1.95 bits per heavy atom. The van der Waals surface area contributed by atoms with Gasteiger partial charge in [0, 0.05) is 12.2 Å². The first kappa shape index (κ1) is 14.8. The summed E-state index contributed by atoms with van der Waals surface area (Å²) in [6.45, 7) is 2.73. The summed E-state index contributed by atoms with van der Waals surface area (Å²) in [4.78, 5) is 26.1. The average Bonchev–Trinajstić information content (AvgIpc) is 2.47. The number of benzene rings is 1. The predicted octanol–water partition coefficient (Wildman–Crippen LogP) is 1.88. The Morgan fingerprint density at radius 3 is 2.67 bits per heavy atom. The van der Waals surface area contributed by atoms with Crippen LogP contribution in [-0.2, 0) is 0 Å². The van der Waals surface area contributed by atoms with Gasteiger partial charge in [0.05, 0.1) is 6.61 Å². The Balaban J connectivity index is 1.73. The number of para-hydroxylation sites is 1. The molecule has 0 bridgehead atoms. The van der Waals surface area contributed by atoms with Crippen LogP contribution in [0.25, 0.3) is 0 Å². The molecule has 0 unspecified atom stereocenters. The van der Waals surface area contributed by atoms with Crippen LogP contribution in [0.3, 0.4) is 0 Å². The van der Waals surface area contributed by atoms with Crippen LogP contribution in [0.4, 0.5) is 0 Å². The molecule has 0 fully saturated rings. The van der Waals surface area contributed by atoms with Crippen molar-refractivity contribution in [3.05, 3.63) is 64.1 Å². The summed E-state index contributed by atoms with van der Waals surface area (Å²) in [5.41, 5.74) is 0.491. The van der Waals surface area contributed by atoms with E-state index in [1.807, 2.05) is 30.3 Å². The highest BCUT2D eigenvalue weighted by Gasteiger charge is 2.09. The lowest BCUT2D eigenvalue weighted by atomic mass is 10.2. The molecule has 2 rings (SSSR count). The number of carbonyl (C=O) groups excluding carboxylic acids is 1. The van der Waals surface area contributed by atoms with Gasteiger partial charge in [0.15, 0.2) is 0 Å². The number of hydrogen-bond donors (Lipinski definition) is 2. The first-order valence-electron chi connectivity index (χ1n) is 6.83. The van der Waals surface area contributed by atoms with Gasteiger partial charge in [-0.2, -0.15) is 0 Å². The summed E-state index contributed by atoms with van der Waals surface area (Å²) >= 11 is 0. The third-order valence-corrected chi connectivity index (χ3v) is 2.92. The van der Waals surface area contributed by atoms with E-state index in [1.54, 1.807) is 13.0 Å². The lowest BCUT2D eigenvalue weighted by molar-refractivity contribution is 0.0950. The Hall–Kier alpha value is -2.56. The second kappa shape index (κ2) is 7.28. The number of amides is 1. The molecule has 0 radical (unpaired) electrons. The van der Waals surface area contributed by atoms with Crippen LogP contribution >= 0.6 is 0 Å². The number of aryl methyl sites for hydroxylation is 1. The lowest BCUT2D eigenvalue weighted by Gasteiger charge is -2.07. The third kappa shape index (κ3) is 4.49. The second-order valence-corrected chi connectivity index (χ2v) is 4.66. The monoisotopic (exact) mass is 286 g/mol. The molecular weight excluding hydrogens is 268 g/mol. The summed E-state index contributed by atoms with van der Waals surface area (Å²) in [5.74, 6) is 0.440. The van der Waals surface area contributed by atoms with Gasteiger partial charge < -0.3 is 15.0 Å². The third-order valence-electron chi connectivity index (χ3n) is 2.92. The van der Waals surface area contributed by atoms with Crippen molar-refractivity contribution in [1.29, 1.82) is 0 Å². The van der Waals surface area contributed by atoms with E-state index in [4.69, 9.17) is 4.74 Å². The minimum Gasteiger partial charge on any atom is -0.494 e. The molecule has 2 aromatic rings. The standard InChI is InChI=1S/C16H18N2O3/c1-12-8-9-14(16(20)18-12)15(19)17-10-5-11-21-13-6-3-2-4-7-13/h2-4,6-9H,5,10-11H2,1H3,(H,17,19)(H,18,20). The van der Waals surface area contributed by atoms with Crippen molar-refractivity contribution in [2.24, 2.45) is 0 Å². The van der Waals surface area contributed by atoms with Crippen molar-refractivity contribution >= 4 is 5.91 Å². The normalized spacial score (nSPS) is 10.1.